The number of benzene rings is 1. The molecule has 0 unspecified atom stereocenters. The largest absolute Gasteiger partial charge is 0.464 e. The van der Waals surface area contributed by atoms with E-state index in [1.54, 1.807) is 20.8 Å². The van der Waals surface area contributed by atoms with Crippen LogP contribution in [0.4, 0.5) is 15.4 Å². The van der Waals surface area contributed by atoms with Crippen molar-refractivity contribution in [1.82, 2.24) is 4.98 Å². The number of ether oxygens (including phenoxy) is 1. The number of nitrogens with two attached hydrogens (primary N) is 1. The van der Waals surface area contributed by atoms with Crippen LogP contribution < -0.4 is 10.6 Å². The van der Waals surface area contributed by atoms with Crippen molar-refractivity contribution < 1.29 is 19.4 Å². The summed E-state index contributed by atoms with van der Waals surface area (Å²) < 4.78 is 5.53. The fraction of sp³-hybridized carbons (Fsp3) is 0.312. The number of carbonyl (C=O) groups excluding carboxylic acids is 1. The molecule has 1 aromatic heterocycles. The van der Waals surface area contributed by atoms with Gasteiger partial charge in [0.05, 0.1) is 4.47 Å². The molecule has 0 radical (unpaired) electrons. The van der Waals surface area contributed by atoms with Crippen LogP contribution in [0.5, 0.6) is 0 Å². The molecule has 8 heteroatoms. The van der Waals surface area contributed by atoms with Gasteiger partial charge in [-0.2, -0.15) is 4.90 Å². The van der Waals surface area contributed by atoms with Crippen molar-refractivity contribution in [3.05, 3.63) is 34.4 Å². The number of amides is 2. The minimum absolute atomic E-state index is 0.0570. The van der Waals surface area contributed by atoms with Crippen LogP contribution in [0.1, 0.15) is 26.3 Å². The number of fused-ring (bicyclic) bond motifs is 1. The maximum Gasteiger partial charge on any atom is 0.425 e. The second kappa shape index (κ2) is 6.74. The van der Waals surface area contributed by atoms with Gasteiger partial charge in [-0.25, -0.2) is 14.6 Å². The van der Waals surface area contributed by atoms with Crippen molar-refractivity contribution in [2.75, 3.05) is 4.90 Å². The van der Waals surface area contributed by atoms with E-state index in [-0.39, 0.29) is 5.82 Å². The molecule has 2 rings (SSSR count). The highest BCUT2D eigenvalue weighted by atomic mass is 79.9. The first-order chi connectivity index (χ1) is 11.1. The third kappa shape index (κ3) is 3.82. The summed E-state index contributed by atoms with van der Waals surface area (Å²) in [4.78, 5) is 28.4. The van der Waals surface area contributed by atoms with Gasteiger partial charge in [0.25, 0.3) is 0 Å². The Morgan fingerprint density at radius 3 is 2.58 bits per heavy atom. The number of hydrogen-bond donors (Lipinski definition) is 2. The zero-order valence-electron chi connectivity index (χ0n) is 13.5. The van der Waals surface area contributed by atoms with Gasteiger partial charge >= 0.3 is 12.2 Å². The fourth-order valence-electron chi connectivity index (χ4n) is 2.06. The molecule has 1 aromatic carbocycles. The van der Waals surface area contributed by atoms with Crippen LogP contribution in [0, 0.1) is 0 Å². The molecule has 1 heterocycles. The Morgan fingerprint density at radius 2 is 2.04 bits per heavy atom. The molecule has 2 aromatic rings. The van der Waals surface area contributed by atoms with Crippen LogP contribution in [0.3, 0.4) is 0 Å². The van der Waals surface area contributed by atoms with Crippen LogP contribution in [0.2, 0.25) is 0 Å². The zero-order valence-corrected chi connectivity index (χ0v) is 15.1. The Bertz CT molecular complexity index is 802. The molecule has 0 saturated heterocycles. The van der Waals surface area contributed by atoms with E-state index >= 15 is 0 Å². The number of imide groups is 1. The summed E-state index contributed by atoms with van der Waals surface area (Å²) in [5.74, 6) is -0.0570. The number of nitrogens with zero attached hydrogens (tertiary/aromatic N) is 2. The Labute approximate surface area is 147 Å². The van der Waals surface area contributed by atoms with E-state index in [1.165, 1.54) is 6.20 Å². The summed E-state index contributed by atoms with van der Waals surface area (Å²) in [6.07, 6.45) is -1.000. The highest BCUT2D eigenvalue weighted by molar-refractivity contribution is 9.10. The average Bonchev–Trinajstić information content (AvgIpc) is 2.47. The smallest absolute Gasteiger partial charge is 0.425 e. The van der Waals surface area contributed by atoms with Crippen molar-refractivity contribution in [2.45, 2.75) is 32.9 Å². The molecular formula is C16H18BrN3O4. The quantitative estimate of drug-likeness (QED) is 0.798. The number of rotatable bonds is 2. The molecule has 7 nitrogen and oxygen atoms in total. The van der Waals surface area contributed by atoms with Crippen LogP contribution in [0.25, 0.3) is 10.8 Å². The molecule has 0 atom stereocenters. The summed E-state index contributed by atoms with van der Waals surface area (Å²) in [6, 6.07) is 5.51. The fourth-order valence-corrected chi connectivity index (χ4v) is 2.68. The molecular weight excluding hydrogens is 378 g/mol. The third-order valence-corrected chi connectivity index (χ3v) is 3.87. The standard InChI is InChI=1S/C16H18BrN3O4/c1-16(2,3)24-15(23)20(14(21)22)13-12(17)11-6-9(7-18)4-5-10(11)8-19-13/h4-6,8H,7,18H2,1-3H3,(H,21,22). The van der Waals surface area contributed by atoms with Gasteiger partial charge in [-0.3, -0.25) is 0 Å². The first kappa shape index (κ1) is 18.2. The summed E-state index contributed by atoms with van der Waals surface area (Å²) in [5.41, 5.74) is 5.69. The Balaban J connectivity index is 2.56. The van der Waals surface area contributed by atoms with Crippen molar-refractivity contribution in [3.8, 4) is 0 Å². The number of halogens is 1. The molecule has 0 spiro atoms. The lowest BCUT2D eigenvalue weighted by Gasteiger charge is -2.24. The summed E-state index contributed by atoms with van der Waals surface area (Å²) >= 11 is 3.35. The van der Waals surface area contributed by atoms with Gasteiger partial charge in [-0.05, 0) is 48.3 Å². The van der Waals surface area contributed by atoms with E-state index < -0.39 is 17.8 Å². The van der Waals surface area contributed by atoms with Crippen molar-refractivity contribution in [3.63, 3.8) is 0 Å². The summed E-state index contributed by atoms with van der Waals surface area (Å²) in [7, 11) is 0. The van der Waals surface area contributed by atoms with Gasteiger partial charge in [0.2, 0.25) is 0 Å². The minimum Gasteiger partial charge on any atom is -0.464 e. The number of pyridine rings is 1. The number of aromatic nitrogens is 1. The molecule has 24 heavy (non-hydrogen) atoms. The second-order valence-electron chi connectivity index (χ2n) is 6.12. The Morgan fingerprint density at radius 1 is 1.38 bits per heavy atom. The van der Waals surface area contributed by atoms with E-state index in [0.29, 0.717) is 21.3 Å². The zero-order chi connectivity index (χ0) is 18.1. The predicted octanol–water partition coefficient (Wildman–Crippen LogP) is 3.88. The van der Waals surface area contributed by atoms with Crippen molar-refractivity contribution in [1.29, 1.82) is 0 Å². The second-order valence-corrected chi connectivity index (χ2v) is 6.91. The number of carbonyl (C=O) groups is 2. The normalized spacial score (nSPS) is 11.4. The number of carboxylic acid groups (broad SMARTS) is 1. The van der Waals surface area contributed by atoms with Gasteiger partial charge in [0, 0.05) is 23.5 Å². The topological polar surface area (TPSA) is 106 Å². The Kier molecular flexibility index (Phi) is 5.10. The highest BCUT2D eigenvalue weighted by Gasteiger charge is 2.31. The highest BCUT2D eigenvalue weighted by Crippen LogP contribution is 2.33. The molecule has 2 amide bonds. The lowest BCUT2D eigenvalue weighted by Crippen LogP contribution is -2.40. The van der Waals surface area contributed by atoms with E-state index in [2.05, 4.69) is 20.9 Å². The molecule has 0 aliphatic heterocycles. The molecule has 128 valence electrons. The summed E-state index contributed by atoms with van der Waals surface area (Å²) in [5, 5.41) is 10.9. The monoisotopic (exact) mass is 395 g/mol. The SMILES string of the molecule is CC(C)(C)OC(=O)N(C(=O)O)c1ncc2ccc(CN)cc2c1Br. The lowest BCUT2D eigenvalue weighted by atomic mass is 10.1. The molecule has 0 aliphatic carbocycles. The maximum atomic E-state index is 12.3. The van der Waals surface area contributed by atoms with Gasteiger partial charge in [-0.1, -0.05) is 12.1 Å². The van der Waals surface area contributed by atoms with Crippen LogP contribution in [-0.4, -0.2) is 27.9 Å². The van der Waals surface area contributed by atoms with Crippen LogP contribution in [-0.2, 0) is 11.3 Å². The van der Waals surface area contributed by atoms with E-state index in [9.17, 15) is 14.7 Å². The van der Waals surface area contributed by atoms with E-state index in [1.807, 2.05) is 18.2 Å². The molecule has 0 bridgehead atoms. The Hall–Kier alpha value is -2.19. The van der Waals surface area contributed by atoms with Crippen molar-refractivity contribution in [2.24, 2.45) is 5.73 Å². The molecule has 0 fully saturated rings. The van der Waals surface area contributed by atoms with Gasteiger partial charge in [-0.15, -0.1) is 0 Å². The van der Waals surface area contributed by atoms with E-state index in [0.717, 1.165) is 10.9 Å². The van der Waals surface area contributed by atoms with Gasteiger partial charge < -0.3 is 15.6 Å². The first-order valence-corrected chi connectivity index (χ1v) is 7.96. The molecule has 3 N–H and O–H groups in total. The lowest BCUT2D eigenvalue weighted by molar-refractivity contribution is 0.0580. The van der Waals surface area contributed by atoms with Gasteiger partial charge in [0.1, 0.15) is 5.60 Å². The van der Waals surface area contributed by atoms with E-state index in [4.69, 9.17) is 10.5 Å². The number of hydrogen-bond acceptors (Lipinski definition) is 5. The van der Waals surface area contributed by atoms with Gasteiger partial charge in [0.15, 0.2) is 5.82 Å². The average molecular weight is 396 g/mol. The number of anilines is 1. The van der Waals surface area contributed by atoms with Crippen LogP contribution in [0.15, 0.2) is 28.9 Å². The molecule has 0 aliphatic rings. The molecule has 0 saturated carbocycles. The maximum absolute atomic E-state index is 12.3. The summed E-state index contributed by atoms with van der Waals surface area (Å²) in [6.45, 7) is 5.30. The first-order valence-electron chi connectivity index (χ1n) is 7.17. The van der Waals surface area contributed by atoms with Crippen molar-refractivity contribution >= 4 is 44.7 Å². The third-order valence-electron chi connectivity index (χ3n) is 3.09. The minimum atomic E-state index is -1.48. The predicted molar refractivity (Wildman–Crippen MR) is 94.1 cm³/mol. The van der Waals surface area contributed by atoms with Crippen LogP contribution >= 0.6 is 15.9 Å².